The van der Waals surface area contributed by atoms with Gasteiger partial charge in [0.1, 0.15) is 0 Å². The van der Waals surface area contributed by atoms with Crippen molar-refractivity contribution in [3.63, 3.8) is 0 Å². The Labute approximate surface area is 118 Å². The maximum absolute atomic E-state index is 12.1. The van der Waals surface area contributed by atoms with E-state index in [1.807, 2.05) is 30.0 Å². The molecular weight excluding hydrogens is 256 g/mol. The number of hydrogen-bond acceptors (Lipinski definition) is 2. The first-order valence-corrected chi connectivity index (χ1v) is 6.91. The molecule has 5 nitrogen and oxygen atoms in total. The highest BCUT2D eigenvalue weighted by molar-refractivity contribution is 5.75. The molecule has 1 atom stereocenters. The first kappa shape index (κ1) is 14.4. The number of hydrogen-bond donors (Lipinski definition) is 2. The molecule has 2 rings (SSSR count). The quantitative estimate of drug-likeness (QED) is 0.883. The van der Waals surface area contributed by atoms with Crippen molar-refractivity contribution in [3.05, 3.63) is 35.4 Å². The summed E-state index contributed by atoms with van der Waals surface area (Å²) in [5, 5.41) is 11.8. The molecule has 1 aliphatic rings. The Morgan fingerprint density at radius 2 is 2.05 bits per heavy atom. The topological polar surface area (TPSA) is 69.6 Å². The van der Waals surface area contributed by atoms with E-state index in [4.69, 9.17) is 5.11 Å². The van der Waals surface area contributed by atoms with Gasteiger partial charge in [-0.3, -0.25) is 4.79 Å². The van der Waals surface area contributed by atoms with Crippen molar-refractivity contribution >= 4 is 12.0 Å². The number of amides is 2. The number of nitrogens with zero attached hydrogens (tertiary/aromatic N) is 1. The summed E-state index contributed by atoms with van der Waals surface area (Å²) in [5.74, 6) is -0.864. The van der Waals surface area contributed by atoms with Gasteiger partial charge >= 0.3 is 12.0 Å². The van der Waals surface area contributed by atoms with Crippen LogP contribution in [0.15, 0.2) is 24.3 Å². The Hall–Kier alpha value is -2.04. The van der Waals surface area contributed by atoms with Gasteiger partial charge in [-0.25, -0.2) is 4.79 Å². The lowest BCUT2D eigenvalue weighted by molar-refractivity contribution is -0.136. The number of carboxylic acid groups (broad SMARTS) is 1. The highest BCUT2D eigenvalue weighted by Crippen LogP contribution is 2.16. The van der Waals surface area contributed by atoms with Crippen LogP contribution in [0.3, 0.4) is 0 Å². The Bertz CT molecular complexity index is 502. The zero-order chi connectivity index (χ0) is 14.5. The lowest BCUT2D eigenvalue weighted by Gasteiger charge is -2.22. The van der Waals surface area contributed by atoms with Crippen LogP contribution < -0.4 is 5.32 Å². The van der Waals surface area contributed by atoms with Gasteiger partial charge in [0.25, 0.3) is 0 Å². The van der Waals surface area contributed by atoms with Crippen molar-refractivity contribution in [2.75, 3.05) is 6.54 Å². The highest BCUT2D eigenvalue weighted by Gasteiger charge is 2.24. The predicted molar refractivity (Wildman–Crippen MR) is 75.4 cm³/mol. The molecule has 1 aromatic carbocycles. The molecule has 1 fully saturated rings. The standard InChI is InChI=1S/C15H20N2O3/c1-11-5-4-8-17(11)15(20)16-10-13-7-3-2-6-12(13)9-14(18)19/h2-3,6-7,11H,4-5,8-10H2,1H3,(H,16,20)(H,18,19). The van der Waals surface area contributed by atoms with Crippen molar-refractivity contribution in [2.45, 2.75) is 38.8 Å². The molecule has 0 radical (unpaired) electrons. The molecule has 1 aromatic rings. The first-order chi connectivity index (χ1) is 9.58. The van der Waals surface area contributed by atoms with Gasteiger partial charge in [-0.15, -0.1) is 0 Å². The largest absolute Gasteiger partial charge is 0.481 e. The van der Waals surface area contributed by atoms with Crippen LogP contribution in [0.25, 0.3) is 0 Å². The lowest BCUT2D eigenvalue weighted by atomic mass is 10.0. The third-order valence-electron chi connectivity index (χ3n) is 3.70. The summed E-state index contributed by atoms with van der Waals surface area (Å²) in [4.78, 5) is 24.7. The molecule has 1 saturated heterocycles. The number of urea groups is 1. The smallest absolute Gasteiger partial charge is 0.317 e. The van der Waals surface area contributed by atoms with Crippen LogP contribution in [0, 0.1) is 0 Å². The third kappa shape index (κ3) is 3.50. The zero-order valence-corrected chi connectivity index (χ0v) is 11.6. The number of aliphatic carboxylic acids is 1. The van der Waals surface area contributed by atoms with Gasteiger partial charge in [0.05, 0.1) is 6.42 Å². The number of nitrogens with one attached hydrogen (secondary N) is 1. The van der Waals surface area contributed by atoms with Gasteiger partial charge in [0.2, 0.25) is 0 Å². The number of rotatable bonds is 4. The van der Waals surface area contributed by atoms with Crippen molar-refractivity contribution in [1.29, 1.82) is 0 Å². The van der Waals surface area contributed by atoms with Crippen LogP contribution in [0.5, 0.6) is 0 Å². The van der Waals surface area contributed by atoms with Crippen molar-refractivity contribution < 1.29 is 14.7 Å². The summed E-state index contributed by atoms with van der Waals surface area (Å²) < 4.78 is 0. The van der Waals surface area contributed by atoms with E-state index >= 15 is 0 Å². The van der Waals surface area contributed by atoms with Gasteiger partial charge in [-0.2, -0.15) is 0 Å². The third-order valence-corrected chi connectivity index (χ3v) is 3.70. The second kappa shape index (κ2) is 6.41. The van der Waals surface area contributed by atoms with Crippen LogP contribution in [-0.2, 0) is 17.8 Å². The summed E-state index contributed by atoms with van der Waals surface area (Å²) in [7, 11) is 0. The second-order valence-corrected chi connectivity index (χ2v) is 5.18. The van der Waals surface area contributed by atoms with E-state index in [1.54, 1.807) is 6.07 Å². The molecule has 0 aliphatic carbocycles. The van der Waals surface area contributed by atoms with E-state index in [-0.39, 0.29) is 18.5 Å². The lowest BCUT2D eigenvalue weighted by Crippen LogP contribution is -2.41. The number of carbonyl (C=O) groups excluding carboxylic acids is 1. The normalized spacial score (nSPS) is 18.1. The Balaban J connectivity index is 1.96. The minimum absolute atomic E-state index is 0.0217. The van der Waals surface area contributed by atoms with E-state index in [1.165, 1.54) is 0 Å². The van der Waals surface area contributed by atoms with Gasteiger partial charge in [0, 0.05) is 19.1 Å². The molecule has 5 heteroatoms. The minimum atomic E-state index is -0.864. The molecular formula is C15H20N2O3. The van der Waals surface area contributed by atoms with Crippen molar-refractivity contribution in [1.82, 2.24) is 10.2 Å². The summed E-state index contributed by atoms with van der Waals surface area (Å²) >= 11 is 0. The van der Waals surface area contributed by atoms with Crippen LogP contribution in [0.1, 0.15) is 30.9 Å². The van der Waals surface area contributed by atoms with Crippen LogP contribution in [-0.4, -0.2) is 34.6 Å². The summed E-state index contributed by atoms with van der Waals surface area (Å²) in [6, 6.07) is 7.52. The van der Waals surface area contributed by atoms with E-state index in [2.05, 4.69) is 5.32 Å². The Kier molecular flexibility index (Phi) is 4.61. The minimum Gasteiger partial charge on any atom is -0.481 e. The molecule has 0 bridgehead atoms. The predicted octanol–water partition coefficient (Wildman–Crippen LogP) is 2.01. The fourth-order valence-corrected chi connectivity index (χ4v) is 2.57. The van der Waals surface area contributed by atoms with E-state index in [0.717, 1.165) is 30.5 Å². The molecule has 1 aliphatic heterocycles. The van der Waals surface area contributed by atoms with E-state index < -0.39 is 5.97 Å². The molecule has 0 aromatic heterocycles. The van der Waals surface area contributed by atoms with Gasteiger partial charge < -0.3 is 15.3 Å². The molecule has 108 valence electrons. The number of carbonyl (C=O) groups is 2. The Morgan fingerprint density at radius 3 is 2.65 bits per heavy atom. The Morgan fingerprint density at radius 1 is 1.35 bits per heavy atom. The number of likely N-dealkylation sites (tertiary alicyclic amines) is 1. The van der Waals surface area contributed by atoms with Crippen molar-refractivity contribution in [2.24, 2.45) is 0 Å². The fourth-order valence-electron chi connectivity index (χ4n) is 2.57. The summed E-state index contributed by atoms with van der Waals surface area (Å²) in [6.45, 7) is 3.21. The zero-order valence-electron chi connectivity index (χ0n) is 11.6. The highest BCUT2D eigenvalue weighted by atomic mass is 16.4. The monoisotopic (exact) mass is 276 g/mol. The molecule has 0 saturated carbocycles. The molecule has 20 heavy (non-hydrogen) atoms. The van der Waals surface area contributed by atoms with Crippen LogP contribution in [0.2, 0.25) is 0 Å². The van der Waals surface area contributed by atoms with E-state index in [9.17, 15) is 9.59 Å². The molecule has 1 heterocycles. The van der Waals surface area contributed by atoms with Gasteiger partial charge in [-0.05, 0) is 30.9 Å². The van der Waals surface area contributed by atoms with Crippen LogP contribution >= 0.6 is 0 Å². The second-order valence-electron chi connectivity index (χ2n) is 5.18. The van der Waals surface area contributed by atoms with Gasteiger partial charge in [0.15, 0.2) is 0 Å². The maximum Gasteiger partial charge on any atom is 0.317 e. The number of carboxylic acids is 1. The molecule has 0 spiro atoms. The molecule has 2 N–H and O–H groups in total. The molecule has 1 unspecified atom stereocenters. The average molecular weight is 276 g/mol. The van der Waals surface area contributed by atoms with E-state index in [0.29, 0.717) is 6.54 Å². The summed E-state index contributed by atoms with van der Waals surface area (Å²) in [5.41, 5.74) is 1.60. The SMILES string of the molecule is CC1CCCN1C(=O)NCc1ccccc1CC(=O)O. The maximum atomic E-state index is 12.1. The average Bonchev–Trinajstić information content (AvgIpc) is 2.83. The van der Waals surface area contributed by atoms with Crippen molar-refractivity contribution in [3.8, 4) is 0 Å². The summed E-state index contributed by atoms with van der Waals surface area (Å²) in [6.07, 6.45) is 2.07. The number of benzene rings is 1. The molecule has 2 amide bonds. The van der Waals surface area contributed by atoms with Crippen LogP contribution in [0.4, 0.5) is 4.79 Å². The fraction of sp³-hybridized carbons (Fsp3) is 0.467. The first-order valence-electron chi connectivity index (χ1n) is 6.91. The van der Waals surface area contributed by atoms with Gasteiger partial charge in [-0.1, -0.05) is 24.3 Å².